The molecule has 0 radical (unpaired) electrons. The van der Waals surface area contributed by atoms with Crippen molar-refractivity contribution in [2.75, 3.05) is 13.1 Å². The maximum absolute atomic E-state index is 13.1. The van der Waals surface area contributed by atoms with E-state index in [9.17, 15) is 9.18 Å². The lowest BCUT2D eigenvalue weighted by atomic mass is 9.98. The minimum atomic E-state index is -0.303. The Morgan fingerprint density at radius 1 is 1.45 bits per heavy atom. The maximum Gasteiger partial charge on any atom is 0.227 e. The number of benzene rings is 1. The second-order valence-corrected chi connectivity index (χ2v) is 6.56. The Kier molecular flexibility index (Phi) is 4.29. The fourth-order valence-corrected chi connectivity index (χ4v) is 3.19. The van der Waals surface area contributed by atoms with Gasteiger partial charge in [0.25, 0.3) is 0 Å². The van der Waals surface area contributed by atoms with Crippen molar-refractivity contribution in [2.45, 2.75) is 19.9 Å². The van der Waals surface area contributed by atoms with Crippen LogP contribution in [0.1, 0.15) is 11.4 Å². The Bertz CT molecular complexity index is 694. The summed E-state index contributed by atoms with van der Waals surface area (Å²) in [5.41, 5.74) is 0.820. The fourth-order valence-electron chi connectivity index (χ4n) is 2.70. The van der Waals surface area contributed by atoms with Crippen LogP contribution in [0.2, 0.25) is 0 Å². The Labute approximate surface area is 137 Å². The van der Waals surface area contributed by atoms with E-state index in [4.69, 9.17) is 0 Å². The Hall–Kier alpha value is -1.69. The molecule has 2 aromatic rings. The number of hydrogen-bond acceptors (Lipinski definition) is 2. The van der Waals surface area contributed by atoms with Crippen LogP contribution in [0.4, 0.5) is 4.39 Å². The van der Waals surface area contributed by atoms with Crippen molar-refractivity contribution in [3.63, 3.8) is 0 Å². The number of aryl methyl sites for hydroxylation is 1. The number of rotatable bonds is 4. The van der Waals surface area contributed by atoms with Gasteiger partial charge in [0.15, 0.2) is 0 Å². The van der Waals surface area contributed by atoms with Crippen molar-refractivity contribution in [3.8, 4) is 0 Å². The standard InChI is InChI=1S/C16H17BrFN3O/c1-11-19-4-5-20(11)8-12-9-21(10-12)16(22)6-13-2-3-14(18)7-15(13)17/h2-5,7,12H,6,8-10H2,1H3. The minimum Gasteiger partial charge on any atom is -0.342 e. The predicted octanol–water partition coefficient (Wildman–Crippen LogP) is 2.79. The SMILES string of the molecule is Cc1nccn1CC1CN(C(=O)Cc2ccc(F)cc2Br)C1. The second-order valence-electron chi connectivity index (χ2n) is 5.70. The quantitative estimate of drug-likeness (QED) is 0.835. The number of aromatic nitrogens is 2. The van der Waals surface area contributed by atoms with E-state index in [1.54, 1.807) is 12.3 Å². The molecule has 1 aliphatic rings. The Balaban J connectivity index is 1.52. The third-order valence-corrected chi connectivity index (χ3v) is 4.78. The van der Waals surface area contributed by atoms with Crippen molar-refractivity contribution >= 4 is 21.8 Å². The van der Waals surface area contributed by atoms with Gasteiger partial charge in [-0.05, 0) is 24.6 Å². The molecule has 22 heavy (non-hydrogen) atoms. The van der Waals surface area contributed by atoms with Crippen molar-refractivity contribution in [1.82, 2.24) is 14.5 Å². The second kappa shape index (κ2) is 6.20. The molecule has 1 aromatic heterocycles. The molecule has 0 N–H and O–H groups in total. The highest BCUT2D eigenvalue weighted by Crippen LogP contribution is 2.23. The predicted molar refractivity (Wildman–Crippen MR) is 84.8 cm³/mol. The van der Waals surface area contributed by atoms with E-state index in [0.29, 0.717) is 16.8 Å². The number of amides is 1. The lowest BCUT2D eigenvalue weighted by Gasteiger charge is -2.39. The first kappa shape index (κ1) is 15.2. The van der Waals surface area contributed by atoms with Gasteiger partial charge in [-0.1, -0.05) is 22.0 Å². The Morgan fingerprint density at radius 3 is 2.86 bits per heavy atom. The third-order valence-electron chi connectivity index (χ3n) is 4.05. The first-order valence-corrected chi connectivity index (χ1v) is 8.01. The van der Waals surface area contributed by atoms with E-state index >= 15 is 0 Å². The summed E-state index contributed by atoms with van der Waals surface area (Å²) in [6.45, 7) is 4.42. The lowest BCUT2D eigenvalue weighted by Crippen LogP contribution is -2.51. The molecular weight excluding hydrogens is 349 g/mol. The molecular formula is C16H17BrFN3O. The number of imidazole rings is 1. The van der Waals surface area contributed by atoms with Gasteiger partial charge in [-0.25, -0.2) is 9.37 Å². The van der Waals surface area contributed by atoms with Crippen molar-refractivity contribution < 1.29 is 9.18 Å². The van der Waals surface area contributed by atoms with Crippen LogP contribution in [-0.4, -0.2) is 33.4 Å². The van der Waals surface area contributed by atoms with E-state index in [-0.39, 0.29) is 11.7 Å². The first-order valence-electron chi connectivity index (χ1n) is 7.22. The highest BCUT2D eigenvalue weighted by molar-refractivity contribution is 9.10. The summed E-state index contributed by atoms with van der Waals surface area (Å²) in [5, 5.41) is 0. The number of nitrogens with zero attached hydrogens (tertiary/aromatic N) is 3. The van der Waals surface area contributed by atoms with Crippen molar-refractivity contribution in [1.29, 1.82) is 0 Å². The molecule has 1 amide bonds. The van der Waals surface area contributed by atoms with Crippen LogP contribution in [0.3, 0.4) is 0 Å². The molecule has 1 fully saturated rings. The molecule has 1 aromatic carbocycles. The molecule has 4 nitrogen and oxygen atoms in total. The van der Waals surface area contributed by atoms with Gasteiger partial charge in [0, 0.05) is 42.4 Å². The van der Waals surface area contributed by atoms with Crippen LogP contribution in [0, 0.1) is 18.7 Å². The largest absolute Gasteiger partial charge is 0.342 e. The van der Waals surface area contributed by atoms with E-state index in [2.05, 4.69) is 25.5 Å². The van der Waals surface area contributed by atoms with E-state index < -0.39 is 0 Å². The van der Waals surface area contributed by atoms with Gasteiger partial charge >= 0.3 is 0 Å². The van der Waals surface area contributed by atoms with Crippen molar-refractivity contribution in [3.05, 3.63) is 52.3 Å². The van der Waals surface area contributed by atoms with Crippen molar-refractivity contribution in [2.24, 2.45) is 5.92 Å². The highest BCUT2D eigenvalue weighted by Gasteiger charge is 2.31. The molecule has 1 aliphatic heterocycles. The lowest BCUT2D eigenvalue weighted by molar-refractivity contribution is -0.137. The van der Waals surface area contributed by atoms with Crippen LogP contribution in [-0.2, 0) is 17.8 Å². The smallest absolute Gasteiger partial charge is 0.227 e. The molecule has 6 heteroatoms. The van der Waals surface area contributed by atoms with Gasteiger partial charge in [0.05, 0.1) is 6.42 Å². The molecule has 0 unspecified atom stereocenters. The summed E-state index contributed by atoms with van der Waals surface area (Å²) in [6.07, 6.45) is 4.07. The first-order chi connectivity index (χ1) is 10.5. The molecule has 0 bridgehead atoms. The van der Waals surface area contributed by atoms with Crippen LogP contribution in [0.25, 0.3) is 0 Å². The summed E-state index contributed by atoms with van der Waals surface area (Å²) in [4.78, 5) is 18.3. The fraction of sp³-hybridized carbons (Fsp3) is 0.375. The molecule has 0 atom stereocenters. The monoisotopic (exact) mass is 365 g/mol. The normalized spacial score (nSPS) is 15.0. The number of hydrogen-bond donors (Lipinski definition) is 0. The van der Waals surface area contributed by atoms with Crippen LogP contribution < -0.4 is 0 Å². The van der Waals surface area contributed by atoms with Gasteiger partial charge in [-0.3, -0.25) is 4.79 Å². The van der Waals surface area contributed by atoms with Crippen LogP contribution in [0.5, 0.6) is 0 Å². The zero-order valence-corrected chi connectivity index (χ0v) is 13.9. The van der Waals surface area contributed by atoms with Crippen LogP contribution in [0.15, 0.2) is 35.1 Å². The highest BCUT2D eigenvalue weighted by atomic mass is 79.9. The summed E-state index contributed by atoms with van der Waals surface area (Å²) in [6, 6.07) is 4.43. The molecule has 3 rings (SSSR count). The molecule has 0 spiro atoms. The number of carbonyl (C=O) groups excluding carboxylic acids is 1. The van der Waals surface area contributed by atoms with Gasteiger partial charge < -0.3 is 9.47 Å². The topological polar surface area (TPSA) is 38.1 Å². The summed E-state index contributed by atoms with van der Waals surface area (Å²) in [5.74, 6) is 1.27. The molecule has 0 aliphatic carbocycles. The van der Waals surface area contributed by atoms with Gasteiger partial charge in [-0.15, -0.1) is 0 Å². The maximum atomic E-state index is 13.1. The van der Waals surface area contributed by atoms with Gasteiger partial charge in [-0.2, -0.15) is 0 Å². The molecule has 0 saturated carbocycles. The summed E-state index contributed by atoms with van der Waals surface area (Å²) >= 11 is 3.30. The van der Waals surface area contributed by atoms with E-state index in [1.165, 1.54) is 12.1 Å². The minimum absolute atomic E-state index is 0.0888. The van der Waals surface area contributed by atoms with Crippen LogP contribution >= 0.6 is 15.9 Å². The summed E-state index contributed by atoms with van der Waals surface area (Å²) in [7, 11) is 0. The van der Waals surface area contributed by atoms with E-state index in [0.717, 1.165) is 31.0 Å². The van der Waals surface area contributed by atoms with Gasteiger partial charge in [0.1, 0.15) is 11.6 Å². The average Bonchev–Trinajstić information content (AvgIpc) is 2.82. The molecule has 116 valence electrons. The number of likely N-dealkylation sites (tertiary alicyclic amines) is 1. The Morgan fingerprint density at radius 2 is 2.23 bits per heavy atom. The third kappa shape index (κ3) is 3.21. The zero-order valence-electron chi connectivity index (χ0n) is 12.3. The van der Waals surface area contributed by atoms with E-state index in [1.807, 2.05) is 18.0 Å². The molecule has 2 heterocycles. The number of carbonyl (C=O) groups is 1. The average molecular weight is 366 g/mol. The van der Waals surface area contributed by atoms with Gasteiger partial charge in [0.2, 0.25) is 5.91 Å². The number of halogens is 2. The zero-order chi connectivity index (χ0) is 15.7. The molecule has 1 saturated heterocycles. The summed E-state index contributed by atoms with van der Waals surface area (Å²) < 4.78 is 15.8.